The summed E-state index contributed by atoms with van der Waals surface area (Å²) < 4.78 is 0. The summed E-state index contributed by atoms with van der Waals surface area (Å²) in [7, 11) is 0. The highest BCUT2D eigenvalue weighted by molar-refractivity contribution is 5.86. The number of fused-ring (bicyclic) bond motifs is 1. The Labute approximate surface area is 119 Å². The monoisotopic (exact) mass is 268 g/mol. The zero-order valence-electron chi connectivity index (χ0n) is 11.6. The van der Waals surface area contributed by atoms with E-state index in [9.17, 15) is 4.79 Å². The van der Waals surface area contributed by atoms with Crippen molar-refractivity contribution in [2.24, 2.45) is 0 Å². The van der Waals surface area contributed by atoms with E-state index < -0.39 is 0 Å². The van der Waals surface area contributed by atoms with E-state index in [1.54, 1.807) is 6.20 Å². The Balaban J connectivity index is 1.59. The third-order valence-electron chi connectivity index (χ3n) is 4.05. The van der Waals surface area contributed by atoms with Crippen molar-refractivity contribution in [2.75, 3.05) is 6.54 Å². The molecule has 1 fully saturated rings. The number of carbonyl (C=O) groups is 1. The summed E-state index contributed by atoms with van der Waals surface area (Å²) in [5, 5.41) is 5.64. The van der Waals surface area contributed by atoms with Crippen LogP contribution in [0.15, 0.2) is 36.7 Å². The molecule has 0 unspecified atom stereocenters. The molecule has 0 bridgehead atoms. The van der Waals surface area contributed by atoms with Crippen molar-refractivity contribution in [3.63, 3.8) is 0 Å². The molecule has 3 heteroatoms. The Kier molecular flexibility index (Phi) is 4.07. The lowest BCUT2D eigenvalue weighted by Gasteiger charge is -2.11. The van der Waals surface area contributed by atoms with E-state index in [1.165, 1.54) is 25.7 Å². The molecule has 1 aliphatic carbocycles. The standard InChI is InChI=1S/C17H20N2O/c20-17(12-19-16-3-1-2-4-16)10-13-5-6-15-11-18-8-7-14(15)9-13/h5-9,11,16,19H,1-4,10,12H2. The molecule has 1 aliphatic rings. The molecule has 20 heavy (non-hydrogen) atoms. The molecule has 1 aromatic heterocycles. The maximum absolute atomic E-state index is 12.0. The van der Waals surface area contributed by atoms with E-state index in [2.05, 4.69) is 16.4 Å². The number of carbonyl (C=O) groups excluding carboxylic acids is 1. The zero-order chi connectivity index (χ0) is 13.8. The lowest BCUT2D eigenvalue weighted by molar-refractivity contribution is -0.117. The summed E-state index contributed by atoms with van der Waals surface area (Å²) in [5.74, 6) is 0.269. The minimum atomic E-state index is 0.269. The molecule has 2 aromatic rings. The van der Waals surface area contributed by atoms with Crippen LogP contribution in [0.25, 0.3) is 10.8 Å². The topological polar surface area (TPSA) is 42.0 Å². The van der Waals surface area contributed by atoms with E-state index in [0.29, 0.717) is 19.0 Å². The molecule has 0 atom stereocenters. The van der Waals surface area contributed by atoms with Crippen molar-refractivity contribution in [2.45, 2.75) is 38.1 Å². The van der Waals surface area contributed by atoms with Gasteiger partial charge in [-0.2, -0.15) is 0 Å². The fourth-order valence-corrected chi connectivity index (χ4v) is 2.92. The predicted molar refractivity (Wildman–Crippen MR) is 80.7 cm³/mol. The number of pyridine rings is 1. The fraction of sp³-hybridized carbons (Fsp3) is 0.412. The Morgan fingerprint density at radius 2 is 2.05 bits per heavy atom. The molecule has 3 nitrogen and oxygen atoms in total. The quantitative estimate of drug-likeness (QED) is 0.906. The third-order valence-corrected chi connectivity index (χ3v) is 4.05. The fourth-order valence-electron chi connectivity index (χ4n) is 2.92. The van der Waals surface area contributed by atoms with Crippen molar-refractivity contribution in [1.29, 1.82) is 0 Å². The van der Waals surface area contributed by atoms with E-state index in [-0.39, 0.29) is 5.78 Å². The van der Waals surface area contributed by atoms with Crippen LogP contribution in [0.5, 0.6) is 0 Å². The van der Waals surface area contributed by atoms with Gasteiger partial charge in [-0.25, -0.2) is 0 Å². The second-order valence-corrected chi connectivity index (χ2v) is 5.63. The lowest BCUT2D eigenvalue weighted by atomic mass is 10.0. The first-order valence-corrected chi connectivity index (χ1v) is 7.39. The number of Topliss-reactive ketones (excluding diaryl/α,β-unsaturated/α-hetero) is 1. The van der Waals surface area contributed by atoms with Crippen molar-refractivity contribution in [1.82, 2.24) is 10.3 Å². The van der Waals surface area contributed by atoms with Gasteiger partial charge in [-0.1, -0.05) is 31.0 Å². The number of nitrogens with zero attached hydrogens (tertiary/aromatic N) is 1. The van der Waals surface area contributed by atoms with E-state index in [1.807, 2.05) is 24.4 Å². The highest BCUT2D eigenvalue weighted by Gasteiger charge is 2.15. The van der Waals surface area contributed by atoms with Gasteiger partial charge in [0.05, 0.1) is 6.54 Å². The lowest BCUT2D eigenvalue weighted by Crippen LogP contribution is -2.32. The first kappa shape index (κ1) is 13.3. The molecular formula is C17H20N2O. The zero-order valence-corrected chi connectivity index (χ0v) is 11.6. The van der Waals surface area contributed by atoms with Gasteiger partial charge in [-0.05, 0) is 29.9 Å². The summed E-state index contributed by atoms with van der Waals surface area (Å²) in [4.78, 5) is 16.1. The van der Waals surface area contributed by atoms with E-state index in [0.717, 1.165) is 16.3 Å². The molecule has 0 spiro atoms. The van der Waals surface area contributed by atoms with Crippen LogP contribution in [0.4, 0.5) is 0 Å². The predicted octanol–water partition coefficient (Wildman–Crippen LogP) is 2.88. The summed E-state index contributed by atoms with van der Waals surface area (Å²) >= 11 is 0. The maximum atomic E-state index is 12.0. The number of ketones is 1. The molecule has 1 N–H and O–H groups in total. The van der Waals surface area contributed by atoms with Gasteiger partial charge in [-0.15, -0.1) is 0 Å². The molecule has 1 saturated carbocycles. The number of benzene rings is 1. The Bertz CT molecular complexity index is 603. The van der Waals surface area contributed by atoms with Crippen LogP contribution < -0.4 is 5.32 Å². The van der Waals surface area contributed by atoms with Crippen LogP contribution in [0.3, 0.4) is 0 Å². The van der Waals surface area contributed by atoms with Crippen molar-refractivity contribution >= 4 is 16.6 Å². The number of hydrogen-bond acceptors (Lipinski definition) is 3. The molecule has 0 saturated heterocycles. The maximum Gasteiger partial charge on any atom is 0.150 e. The molecule has 0 radical (unpaired) electrons. The Hall–Kier alpha value is -1.74. The second kappa shape index (κ2) is 6.14. The van der Waals surface area contributed by atoms with Gasteiger partial charge < -0.3 is 5.32 Å². The normalized spacial score (nSPS) is 15.8. The molecule has 3 rings (SSSR count). The smallest absolute Gasteiger partial charge is 0.150 e. The van der Waals surface area contributed by atoms with Gasteiger partial charge in [0, 0.05) is 30.2 Å². The first-order valence-electron chi connectivity index (χ1n) is 7.39. The van der Waals surface area contributed by atoms with Crippen LogP contribution in [0.2, 0.25) is 0 Å². The molecular weight excluding hydrogens is 248 g/mol. The summed E-state index contributed by atoms with van der Waals surface area (Å²) in [6, 6.07) is 8.69. The van der Waals surface area contributed by atoms with Crippen LogP contribution in [-0.2, 0) is 11.2 Å². The number of hydrogen-bond donors (Lipinski definition) is 1. The van der Waals surface area contributed by atoms with Gasteiger partial charge in [0.2, 0.25) is 0 Å². The molecule has 1 heterocycles. The van der Waals surface area contributed by atoms with Crippen LogP contribution in [0.1, 0.15) is 31.2 Å². The number of rotatable bonds is 5. The average molecular weight is 268 g/mol. The Morgan fingerprint density at radius 1 is 1.20 bits per heavy atom. The van der Waals surface area contributed by atoms with E-state index in [4.69, 9.17) is 0 Å². The summed E-state index contributed by atoms with van der Waals surface area (Å²) in [6.45, 7) is 0.499. The second-order valence-electron chi connectivity index (χ2n) is 5.63. The number of aromatic nitrogens is 1. The van der Waals surface area contributed by atoms with Crippen LogP contribution >= 0.6 is 0 Å². The van der Waals surface area contributed by atoms with Gasteiger partial charge >= 0.3 is 0 Å². The summed E-state index contributed by atoms with van der Waals surface area (Å²) in [5.41, 5.74) is 1.09. The van der Waals surface area contributed by atoms with Gasteiger partial charge in [0.1, 0.15) is 0 Å². The minimum Gasteiger partial charge on any atom is -0.307 e. The molecule has 104 valence electrons. The van der Waals surface area contributed by atoms with Crippen LogP contribution in [-0.4, -0.2) is 23.4 Å². The Morgan fingerprint density at radius 3 is 2.90 bits per heavy atom. The summed E-state index contributed by atoms with van der Waals surface area (Å²) in [6.07, 6.45) is 9.18. The SMILES string of the molecule is O=C(CNC1CCCC1)Cc1ccc2cnccc2c1. The van der Waals surface area contributed by atoms with E-state index >= 15 is 0 Å². The molecule has 0 amide bonds. The third kappa shape index (κ3) is 3.23. The molecule has 1 aromatic carbocycles. The van der Waals surface area contributed by atoms with Crippen molar-refractivity contribution in [3.8, 4) is 0 Å². The van der Waals surface area contributed by atoms with Gasteiger partial charge in [0.25, 0.3) is 0 Å². The largest absolute Gasteiger partial charge is 0.307 e. The minimum absolute atomic E-state index is 0.269. The molecule has 0 aliphatic heterocycles. The highest BCUT2D eigenvalue weighted by atomic mass is 16.1. The first-order chi connectivity index (χ1) is 9.81. The van der Waals surface area contributed by atoms with Crippen molar-refractivity contribution in [3.05, 3.63) is 42.2 Å². The van der Waals surface area contributed by atoms with Crippen LogP contribution in [0, 0.1) is 0 Å². The highest BCUT2D eigenvalue weighted by Crippen LogP contribution is 2.18. The average Bonchev–Trinajstić information content (AvgIpc) is 2.98. The van der Waals surface area contributed by atoms with Crippen molar-refractivity contribution < 1.29 is 4.79 Å². The number of nitrogens with one attached hydrogen (secondary N) is 1. The van der Waals surface area contributed by atoms with Gasteiger partial charge in [0.15, 0.2) is 5.78 Å². The van der Waals surface area contributed by atoms with Gasteiger partial charge in [-0.3, -0.25) is 9.78 Å².